The van der Waals surface area contributed by atoms with Crippen LogP contribution in [0.1, 0.15) is 66.8 Å². The van der Waals surface area contributed by atoms with Gasteiger partial charge in [0.15, 0.2) is 6.29 Å². The first-order valence-electron chi connectivity index (χ1n) is 15.6. The molecule has 3 aliphatic rings. The molecule has 43 heavy (non-hydrogen) atoms. The molecular formula is C34H43N3O5S. The Morgan fingerprint density at radius 2 is 1.49 bits per heavy atom. The number of aliphatic hydroxyl groups excluding tert-OH is 1. The van der Waals surface area contributed by atoms with Crippen LogP contribution in [-0.2, 0) is 32.6 Å². The Morgan fingerprint density at radius 3 is 2.21 bits per heavy atom. The van der Waals surface area contributed by atoms with E-state index in [1.807, 2.05) is 48.5 Å². The van der Waals surface area contributed by atoms with E-state index >= 15 is 0 Å². The van der Waals surface area contributed by atoms with Crippen LogP contribution >= 0.6 is 0 Å². The fourth-order valence-corrected chi connectivity index (χ4v) is 7.59. The van der Waals surface area contributed by atoms with Crippen molar-refractivity contribution in [1.82, 2.24) is 14.5 Å². The highest BCUT2D eigenvalue weighted by Crippen LogP contribution is 2.39. The van der Waals surface area contributed by atoms with Crippen LogP contribution in [0.2, 0.25) is 0 Å². The number of hydrogen-bond acceptors (Lipinski definition) is 7. The standard InChI is InChI=1S/C34H43N3O5S/c38-25-27-12-14-28(15-13-27)33-21-31(24-37-20-6-7-30(37)23-36-18-4-5-19-36)41-34(42-33)29-16-10-26(11-17-29)22-35-43(39,40)32-8-2-1-3-9-32/h1-3,8-17,30-31,33-35,38H,4-7,18-25H2/t30-,31-,33+,34+/m0/s1. The Bertz CT molecular complexity index is 1410. The molecule has 3 aromatic rings. The lowest BCUT2D eigenvalue weighted by Crippen LogP contribution is -2.45. The van der Waals surface area contributed by atoms with Crippen molar-refractivity contribution in [3.63, 3.8) is 0 Å². The summed E-state index contributed by atoms with van der Waals surface area (Å²) in [5.41, 5.74) is 3.72. The third-order valence-electron chi connectivity index (χ3n) is 8.99. The fourth-order valence-electron chi connectivity index (χ4n) is 6.55. The van der Waals surface area contributed by atoms with E-state index in [4.69, 9.17) is 9.47 Å². The summed E-state index contributed by atoms with van der Waals surface area (Å²) in [5, 5.41) is 9.52. The Morgan fingerprint density at radius 1 is 0.791 bits per heavy atom. The van der Waals surface area contributed by atoms with Crippen LogP contribution in [0, 0.1) is 0 Å². The van der Waals surface area contributed by atoms with E-state index in [0.717, 1.165) is 48.3 Å². The third kappa shape index (κ3) is 7.72. The smallest absolute Gasteiger partial charge is 0.240 e. The van der Waals surface area contributed by atoms with Gasteiger partial charge in [0.25, 0.3) is 0 Å². The van der Waals surface area contributed by atoms with Crippen molar-refractivity contribution in [2.24, 2.45) is 0 Å². The van der Waals surface area contributed by atoms with E-state index in [1.165, 1.54) is 38.8 Å². The number of ether oxygens (including phenoxy) is 2. The predicted octanol–water partition coefficient (Wildman–Crippen LogP) is 4.76. The molecule has 3 fully saturated rings. The molecule has 0 aromatic heterocycles. The number of likely N-dealkylation sites (tertiary alicyclic amines) is 2. The highest BCUT2D eigenvalue weighted by atomic mass is 32.2. The molecule has 2 N–H and O–H groups in total. The zero-order valence-corrected chi connectivity index (χ0v) is 25.5. The van der Waals surface area contributed by atoms with Gasteiger partial charge in [0, 0.05) is 37.7 Å². The number of sulfonamides is 1. The largest absolute Gasteiger partial charge is 0.392 e. The molecule has 9 heteroatoms. The fraction of sp³-hybridized carbons (Fsp3) is 0.471. The van der Waals surface area contributed by atoms with Crippen LogP contribution in [0.15, 0.2) is 83.8 Å². The number of hydrogen-bond donors (Lipinski definition) is 2. The molecule has 6 rings (SSSR count). The second-order valence-electron chi connectivity index (χ2n) is 12.0. The van der Waals surface area contributed by atoms with Gasteiger partial charge in [-0.05, 0) is 74.1 Å². The molecule has 0 saturated carbocycles. The van der Waals surface area contributed by atoms with E-state index in [0.29, 0.717) is 6.04 Å². The second-order valence-corrected chi connectivity index (χ2v) is 13.8. The number of nitrogens with zero attached hydrogens (tertiary/aromatic N) is 2. The molecule has 0 spiro atoms. The molecule has 3 saturated heterocycles. The number of aliphatic hydroxyl groups is 1. The summed E-state index contributed by atoms with van der Waals surface area (Å²) in [6.07, 6.45) is 5.21. The maximum Gasteiger partial charge on any atom is 0.240 e. The SMILES string of the molecule is O=S(=O)(NCc1ccc([C@@H]2O[C@H](CN3CCC[C@H]3CN3CCCC3)C[C@H](c3ccc(CO)cc3)O2)cc1)c1ccccc1. The lowest BCUT2D eigenvalue weighted by molar-refractivity contribution is -0.253. The van der Waals surface area contributed by atoms with Gasteiger partial charge in [-0.15, -0.1) is 0 Å². The molecule has 3 heterocycles. The summed E-state index contributed by atoms with van der Waals surface area (Å²) in [7, 11) is -3.59. The number of rotatable bonds is 11. The lowest BCUT2D eigenvalue weighted by atomic mass is 9.99. The Balaban J connectivity index is 1.15. The summed E-state index contributed by atoms with van der Waals surface area (Å²) in [5.74, 6) is 0. The maximum atomic E-state index is 12.7. The number of benzene rings is 3. The summed E-state index contributed by atoms with van der Waals surface area (Å²) >= 11 is 0. The van der Waals surface area contributed by atoms with Crippen LogP contribution < -0.4 is 4.72 Å². The van der Waals surface area contributed by atoms with Gasteiger partial charge >= 0.3 is 0 Å². The molecule has 230 valence electrons. The third-order valence-corrected chi connectivity index (χ3v) is 10.4. The first kappa shape index (κ1) is 30.4. The minimum absolute atomic E-state index is 0.0119. The van der Waals surface area contributed by atoms with Gasteiger partial charge in [-0.2, -0.15) is 0 Å². The summed E-state index contributed by atoms with van der Waals surface area (Å²) in [4.78, 5) is 5.49. The molecule has 3 aromatic carbocycles. The Labute approximate surface area is 255 Å². The Kier molecular flexibility index (Phi) is 9.89. The van der Waals surface area contributed by atoms with Crippen molar-refractivity contribution in [3.05, 3.63) is 101 Å². The topological polar surface area (TPSA) is 91.3 Å². The summed E-state index contributed by atoms with van der Waals surface area (Å²) in [6.45, 7) is 5.77. The first-order valence-corrected chi connectivity index (χ1v) is 17.1. The molecule has 8 nitrogen and oxygen atoms in total. The molecule has 0 radical (unpaired) electrons. The highest BCUT2D eigenvalue weighted by molar-refractivity contribution is 7.89. The van der Waals surface area contributed by atoms with Gasteiger partial charge in [-0.1, -0.05) is 66.7 Å². The van der Waals surface area contributed by atoms with E-state index in [2.05, 4.69) is 14.5 Å². The minimum atomic E-state index is -3.59. The van der Waals surface area contributed by atoms with Gasteiger partial charge in [0.1, 0.15) is 0 Å². The minimum Gasteiger partial charge on any atom is -0.392 e. The maximum absolute atomic E-state index is 12.7. The van der Waals surface area contributed by atoms with E-state index in [1.54, 1.807) is 30.3 Å². The van der Waals surface area contributed by atoms with Crippen LogP contribution in [0.5, 0.6) is 0 Å². The second kappa shape index (κ2) is 14.0. The van der Waals surface area contributed by atoms with Gasteiger partial charge in [0.05, 0.1) is 23.7 Å². The molecule has 0 amide bonds. The van der Waals surface area contributed by atoms with Crippen LogP contribution in [0.3, 0.4) is 0 Å². The van der Waals surface area contributed by atoms with Gasteiger partial charge in [0.2, 0.25) is 10.0 Å². The molecular weight excluding hydrogens is 562 g/mol. The van der Waals surface area contributed by atoms with Crippen molar-refractivity contribution >= 4 is 10.0 Å². The van der Waals surface area contributed by atoms with Crippen molar-refractivity contribution in [1.29, 1.82) is 0 Å². The normalized spacial score (nSPS) is 25.3. The van der Waals surface area contributed by atoms with Crippen molar-refractivity contribution in [2.75, 3.05) is 32.7 Å². The van der Waals surface area contributed by atoms with Gasteiger partial charge in [-0.25, -0.2) is 13.1 Å². The van der Waals surface area contributed by atoms with Crippen LogP contribution in [0.25, 0.3) is 0 Å². The van der Waals surface area contributed by atoms with E-state index in [9.17, 15) is 13.5 Å². The predicted molar refractivity (Wildman–Crippen MR) is 166 cm³/mol. The van der Waals surface area contributed by atoms with Crippen molar-refractivity contribution < 1.29 is 23.0 Å². The van der Waals surface area contributed by atoms with Gasteiger partial charge < -0.3 is 19.5 Å². The Hall–Kier alpha value is -2.63. The molecule has 0 bridgehead atoms. The molecule has 4 atom stereocenters. The molecule has 3 aliphatic heterocycles. The quantitative estimate of drug-likeness (QED) is 0.326. The lowest BCUT2D eigenvalue weighted by Gasteiger charge is -2.39. The summed E-state index contributed by atoms with van der Waals surface area (Å²) < 4.78 is 41.2. The average molecular weight is 606 g/mol. The van der Waals surface area contributed by atoms with E-state index in [-0.39, 0.29) is 30.3 Å². The molecule has 0 aliphatic carbocycles. The van der Waals surface area contributed by atoms with Crippen LogP contribution in [0.4, 0.5) is 0 Å². The first-order chi connectivity index (χ1) is 21.0. The highest BCUT2D eigenvalue weighted by Gasteiger charge is 2.36. The van der Waals surface area contributed by atoms with Crippen LogP contribution in [-0.4, -0.2) is 68.2 Å². The average Bonchev–Trinajstić information content (AvgIpc) is 3.73. The van der Waals surface area contributed by atoms with E-state index < -0.39 is 16.3 Å². The van der Waals surface area contributed by atoms with Crippen molar-refractivity contribution in [3.8, 4) is 0 Å². The van der Waals surface area contributed by atoms with Crippen molar-refractivity contribution in [2.45, 2.75) is 74.7 Å². The monoisotopic (exact) mass is 605 g/mol. The zero-order chi connectivity index (χ0) is 29.6. The zero-order valence-electron chi connectivity index (χ0n) is 24.7. The number of nitrogens with one attached hydrogen (secondary N) is 1. The molecule has 0 unspecified atom stereocenters. The van der Waals surface area contributed by atoms with Gasteiger partial charge in [-0.3, -0.25) is 4.90 Å². The summed E-state index contributed by atoms with van der Waals surface area (Å²) in [6, 6.07) is 24.8.